The number of piperazine rings is 1. The zero-order valence-corrected chi connectivity index (χ0v) is 19.4. The van der Waals surface area contributed by atoms with E-state index in [4.69, 9.17) is 0 Å². The van der Waals surface area contributed by atoms with Crippen molar-refractivity contribution in [2.75, 3.05) is 44.6 Å². The largest absolute Gasteiger partial charge is 0.326 e. The highest BCUT2D eigenvalue weighted by Crippen LogP contribution is 2.25. The van der Waals surface area contributed by atoms with Crippen LogP contribution in [0.25, 0.3) is 0 Å². The van der Waals surface area contributed by atoms with Gasteiger partial charge in [-0.25, -0.2) is 8.42 Å². The lowest BCUT2D eigenvalue weighted by Gasteiger charge is -2.42. The molecule has 2 heterocycles. The van der Waals surface area contributed by atoms with Gasteiger partial charge >= 0.3 is 0 Å². The maximum absolute atomic E-state index is 13.0. The summed E-state index contributed by atoms with van der Waals surface area (Å²) < 4.78 is 27.7. The molecule has 0 aromatic heterocycles. The number of carbonyl (C=O) groups excluding carboxylic acids is 1. The molecule has 0 radical (unpaired) electrons. The molecule has 32 heavy (non-hydrogen) atoms. The van der Waals surface area contributed by atoms with Crippen molar-refractivity contribution in [1.29, 1.82) is 0 Å². The van der Waals surface area contributed by atoms with Crippen molar-refractivity contribution in [2.24, 2.45) is 0 Å². The minimum atomic E-state index is -3.51. The number of rotatable bonds is 6. The Hall–Kier alpha value is -2.26. The molecule has 2 aromatic rings. The number of hydrogen-bond donors (Lipinski definition) is 1. The number of amides is 1. The third-order valence-electron chi connectivity index (χ3n) is 6.41. The van der Waals surface area contributed by atoms with E-state index in [2.05, 4.69) is 45.4 Å². The molecule has 1 N–H and O–H groups in total. The molecular weight excluding hydrogens is 424 g/mol. The van der Waals surface area contributed by atoms with Gasteiger partial charge in [-0.3, -0.25) is 14.6 Å². The first-order valence-corrected chi connectivity index (χ1v) is 12.7. The number of piperidine rings is 1. The normalized spacial score (nSPS) is 19.7. The van der Waals surface area contributed by atoms with Crippen LogP contribution in [0.1, 0.15) is 25.3 Å². The van der Waals surface area contributed by atoms with Gasteiger partial charge < -0.3 is 5.32 Å². The predicted molar refractivity (Wildman–Crippen MR) is 126 cm³/mol. The second-order valence-corrected chi connectivity index (χ2v) is 10.6. The van der Waals surface area contributed by atoms with E-state index in [0.29, 0.717) is 24.8 Å². The van der Waals surface area contributed by atoms with Crippen LogP contribution in [-0.4, -0.2) is 73.7 Å². The first kappa shape index (κ1) is 22.9. The van der Waals surface area contributed by atoms with E-state index in [0.717, 1.165) is 45.6 Å². The Balaban J connectivity index is 1.27. The Labute approximate surface area is 191 Å². The molecule has 0 aliphatic carbocycles. The van der Waals surface area contributed by atoms with Crippen molar-refractivity contribution in [3.63, 3.8) is 0 Å². The lowest BCUT2D eigenvalue weighted by Crippen LogP contribution is -2.53. The van der Waals surface area contributed by atoms with Crippen molar-refractivity contribution in [1.82, 2.24) is 14.1 Å². The van der Waals surface area contributed by atoms with Crippen LogP contribution in [0.2, 0.25) is 0 Å². The number of benzene rings is 2. The van der Waals surface area contributed by atoms with Gasteiger partial charge in [-0.2, -0.15) is 4.31 Å². The number of anilines is 1. The second kappa shape index (κ2) is 10.1. The Morgan fingerprint density at radius 2 is 1.53 bits per heavy atom. The van der Waals surface area contributed by atoms with E-state index in [1.807, 2.05) is 0 Å². The highest BCUT2D eigenvalue weighted by atomic mass is 32.2. The second-order valence-electron chi connectivity index (χ2n) is 8.64. The molecule has 172 valence electrons. The summed E-state index contributed by atoms with van der Waals surface area (Å²) in [4.78, 5) is 16.5. The number of nitrogens with one attached hydrogen (secondary N) is 1. The van der Waals surface area contributed by atoms with Crippen LogP contribution in [0.5, 0.6) is 0 Å². The van der Waals surface area contributed by atoms with Gasteiger partial charge in [0.2, 0.25) is 15.9 Å². The van der Waals surface area contributed by atoms with Crippen molar-refractivity contribution < 1.29 is 13.2 Å². The van der Waals surface area contributed by atoms with Crippen LogP contribution in [0.4, 0.5) is 5.69 Å². The van der Waals surface area contributed by atoms with Crippen molar-refractivity contribution >= 4 is 21.6 Å². The standard InChI is InChI=1S/C24H32N4O3S/c1-20(29)25-22-7-9-24(10-8-22)32(30,31)28-13-11-23(12-14-28)27-17-15-26(16-18-27)19-21-5-3-2-4-6-21/h2-10,23H,11-19H2,1H3,(H,25,29). The minimum absolute atomic E-state index is 0.177. The smallest absolute Gasteiger partial charge is 0.243 e. The summed E-state index contributed by atoms with van der Waals surface area (Å²) in [5, 5.41) is 2.67. The van der Waals surface area contributed by atoms with Gasteiger partial charge in [0.05, 0.1) is 4.90 Å². The quantitative estimate of drug-likeness (QED) is 0.724. The third kappa shape index (κ3) is 5.56. The molecule has 0 bridgehead atoms. The topological polar surface area (TPSA) is 73.0 Å². The highest BCUT2D eigenvalue weighted by Gasteiger charge is 2.32. The van der Waals surface area contributed by atoms with Crippen molar-refractivity contribution in [2.45, 2.75) is 37.2 Å². The van der Waals surface area contributed by atoms with Gasteiger partial charge in [0.1, 0.15) is 0 Å². The zero-order chi connectivity index (χ0) is 22.6. The van der Waals surface area contributed by atoms with Crippen LogP contribution in [0, 0.1) is 0 Å². The molecule has 8 heteroatoms. The van der Waals surface area contributed by atoms with Gasteiger partial charge in [0, 0.05) is 64.5 Å². The van der Waals surface area contributed by atoms with Crippen LogP contribution < -0.4 is 5.32 Å². The summed E-state index contributed by atoms with van der Waals surface area (Å²) in [6.45, 7) is 7.69. The number of carbonyl (C=O) groups is 1. The number of sulfonamides is 1. The molecule has 7 nitrogen and oxygen atoms in total. The Bertz CT molecular complexity index is 995. The molecule has 2 saturated heterocycles. The number of hydrogen-bond acceptors (Lipinski definition) is 5. The molecule has 2 aliphatic heterocycles. The summed E-state index contributed by atoms with van der Waals surface area (Å²) >= 11 is 0. The Morgan fingerprint density at radius 3 is 2.12 bits per heavy atom. The molecule has 0 saturated carbocycles. The fraction of sp³-hybridized carbons (Fsp3) is 0.458. The SMILES string of the molecule is CC(=O)Nc1ccc(S(=O)(=O)N2CCC(N3CCN(Cc4ccccc4)CC3)CC2)cc1. The van der Waals surface area contributed by atoms with E-state index < -0.39 is 10.0 Å². The van der Waals surface area contributed by atoms with E-state index >= 15 is 0 Å². The van der Waals surface area contributed by atoms with E-state index in [-0.39, 0.29) is 10.8 Å². The van der Waals surface area contributed by atoms with Crippen LogP contribution in [0.15, 0.2) is 59.5 Å². The van der Waals surface area contributed by atoms with Gasteiger partial charge in [-0.15, -0.1) is 0 Å². The van der Waals surface area contributed by atoms with Crippen LogP contribution >= 0.6 is 0 Å². The van der Waals surface area contributed by atoms with E-state index in [9.17, 15) is 13.2 Å². The molecule has 0 spiro atoms. The summed E-state index contributed by atoms with van der Waals surface area (Å²) in [5.74, 6) is -0.177. The van der Waals surface area contributed by atoms with E-state index in [1.165, 1.54) is 12.5 Å². The van der Waals surface area contributed by atoms with Crippen LogP contribution in [0.3, 0.4) is 0 Å². The van der Waals surface area contributed by atoms with E-state index in [1.54, 1.807) is 28.6 Å². The van der Waals surface area contributed by atoms with Crippen LogP contribution in [-0.2, 0) is 21.4 Å². The first-order chi connectivity index (χ1) is 15.4. The summed E-state index contributed by atoms with van der Waals surface area (Å²) in [7, 11) is -3.51. The minimum Gasteiger partial charge on any atom is -0.326 e. The fourth-order valence-corrected chi connectivity index (χ4v) is 6.11. The predicted octanol–water partition coefficient (Wildman–Crippen LogP) is 2.62. The monoisotopic (exact) mass is 456 g/mol. The Kier molecular flexibility index (Phi) is 7.25. The first-order valence-electron chi connectivity index (χ1n) is 11.3. The number of nitrogens with zero attached hydrogens (tertiary/aromatic N) is 3. The Morgan fingerprint density at radius 1 is 0.906 bits per heavy atom. The molecular formula is C24H32N4O3S. The fourth-order valence-electron chi connectivity index (χ4n) is 4.64. The molecule has 0 unspecified atom stereocenters. The summed E-state index contributed by atoms with van der Waals surface area (Å²) in [5.41, 5.74) is 1.95. The lowest BCUT2D eigenvalue weighted by molar-refractivity contribution is -0.114. The van der Waals surface area contributed by atoms with Crippen molar-refractivity contribution in [3.8, 4) is 0 Å². The maximum Gasteiger partial charge on any atom is 0.243 e. The maximum atomic E-state index is 13.0. The average Bonchev–Trinajstić information content (AvgIpc) is 2.80. The molecule has 4 rings (SSSR count). The average molecular weight is 457 g/mol. The molecule has 2 fully saturated rings. The molecule has 2 aliphatic rings. The van der Waals surface area contributed by atoms with Crippen molar-refractivity contribution in [3.05, 3.63) is 60.2 Å². The van der Waals surface area contributed by atoms with Gasteiger partial charge in [0.25, 0.3) is 0 Å². The van der Waals surface area contributed by atoms with Gasteiger partial charge in [-0.05, 0) is 42.7 Å². The highest BCUT2D eigenvalue weighted by molar-refractivity contribution is 7.89. The molecule has 0 atom stereocenters. The van der Waals surface area contributed by atoms with Gasteiger partial charge in [-0.1, -0.05) is 30.3 Å². The summed E-state index contributed by atoms with van der Waals surface area (Å²) in [6.07, 6.45) is 1.73. The zero-order valence-electron chi connectivity index (χ0n) is 18.6. The van der Waals surface area contributed by atoms with Gasteiger partial charge in [0.15, 0.2) is 0 Å². The molecule has 1 amide bonds. The summed E-state index contributed by atoms with van der Waals surface area (Å²) in [6, 6.07) is 17.4. The lowest BCUT2D eigenvalue weighted by atomic mass is 10.0. The third-order valence-corrected chi connectivity index (χ3v) is 8.32. The molecule has 2 aromatic carbocycles.